The quantitative estimate of drug-likeness (QED) is 0.714. The first kappa shape index (κ1) is 14.2. The van der Waals surface area contributed by atoms with Crippen LogP contribution in [0.4, 0.5) is 13.2 Å². The molecule has 0 atom stereocenters. The maximum absolute atomic E-state index is 12.9. The second-order valence-electron chi connectivity index (χ2n) is 4.69. The number of aryl methyl sites for hydroxylation is 1. The van der Waals surface area contributed by atoms with Crippen LogP contribution in [0.25, 0.3) is 22.8 Å². The van der Waals surface area contributed by atoms with Gasteiger partial charge in [0.05, 0.1) is 5.56 Å². The molecule has 0 bridgehead atoms. The molecule has 2 heterocycles. The molecule has 0 N–H and O–H groups in total. The van der Waals surface area contributed by atoms with Gasteiger partial charge in [-0.15, -0.1) is 0 Å². The molecule has 0 radical (unpaired) electrons. The summed E-state index contributed by atoms with van der Waals surface area (Å²) < 4.78 is 43.9. The summed E-state index contributed by atoms with van der Waals surface area (Å²) in [5, 5.41) is 3.78. The molecular weight excluding hydrogens is 295 g/mol. The molecule has 0 unspecified atom stereocenters. The lowest BCUT2D eigenvalue weighted by molar-refractivity contribution is -0.138. The topological polar surface area (TPSA) is 51.8 Å². The van der Waals surface area contributed by atoms with Gasteiger partial charge in [-0.05, 0) is 36.8 Å². The molecule has 22 heavy (non-hydrogen) atoms. The van der Waals surface area contributed by atoms with Crippen LogP contribution in [-0.4, -0.2) is 15.1 Å². The first-order valence-electron chi connectivity index (χ1n) is 6.37. The third-order valence-electron chi connectivity index (χ3n) is 3.15. The molecule has 0 aliphatic heterocycles. The number of hydrogen-bond acceptors (Lipinski definition) is 4. The minimum Gasteiger partial charge on any atom is -0.334 e. The van der Waals surface area contributed by atoms with Gasteiger partial charge < -0.3 is 4.52 Å². The summed E-state index contributed by atoms with van der Waals surface area (Å²) >= 11 is 0. The van der Waals surface area contributed by atoms with Crippen LogP contribution in [0.5, 0.6) is 0 Å². The summed E-state index contributed by atoms with van der Waals surface area (Å²) in [6, 6.07) is 7.29. The molecule has 1 aromatic carbocycles. The van der Waals surface area contributed by atoms with Crippen molar-refractivity contribution < 1.29 is 17.7 Å². The van der Waals surface area contributed by atoms with Crippen molar-refractivity contribution >= 4 is 0 Å². The summed E-state index contributed by atoms with van der Waals surface area (Å²) in [7, 11) is 0. The summed E-state index contributed by atoms with van der Waals surface area (Å²) in [4.78, 5) is 8.00. The van der Waals surface area contributed by atoms with E-state index in [1.807, 2.05) is 0 Å². The summed E-state index contributed by atoms with van der Waals surface area (Å²) in [5.41, 5.74) is 0.331. The lowest BCUT2D eigenvalue weighted by Gasteiger charge is -2.10. The molecule has 0 aliphatic rings. The van der Waals surface area contributed by atoms with Crippen LogP contribution in [0.1, 0.15) is 11.1 Å². The van der Waals surface area contributed by atoms with Crippen molar-refractivity contribution in [3.8, 4) is 22.8 Å². The van der Waals surface area contributed by atoms with Crippen molar-refractivity contribution in [1.82, 2.24) is 15.1 Å². The smallest absolute Gasteiger partial charge is 0.334 e. The van der Waals surface area contributed by atoms with Gasteiger partial charge in [0, 0.05) is 23.5 Å². The predicted molar refractivity (Wildman–Crippen MR) is 72.7 cm³/mol. The van der Waals surface area contributed by atoms with Gasteiger partial charge in [-0.1, -0.05) is 11.2 Å². The van der Waals surface area contributed by atoms with Crippen molar-refractivity contribution in [2.45, 2.75) is 13.1 Å². The number of alkyl halides is 3. The van der Waals surface area contributed by atoms with Crippen LogP contribution in [-0.2, 0) is 6.18 Å². The molecule has 0 fully saturated rings. The van der Waals surface area contributed by atoms with Gasteiger partial charge in [-0.3, -0.25) is 4.98 Å². The third kappa shape index (κ3) is 2.69. The largest absolute Gasteiger partial charge is 0.416 e. The average Bonchev–Trinajstić information content (AvgIpc) is 2.97. The number of halogens is 3. The Morgan fingerprint density at radius 1 is 1.00 bits per heavy atom. The van der Waals surface area contributed by atoms with E-state index >= 15 is 0 Å². The maximum atomic E-state index is 12.9. The monoisotopic (exact) mass is 305 g/mol. The van der Waals surface area contributed by atoms with Crippen LogP contribution >= 0.6 is 0 Å². The van der Waals surface area contributed by atoms with E-state index < -0.39 is 11.7 Å². The first-order valence-corrected chi connectivity index (χ1v) is 6.37. The van der Waals surface area contributed by atoms with Crippen LogP contribution < -0.4 is 0 Å². The Labute approximate surface area is 123 Å². The predicted octanol–water partition coefficient (Wildman–Crippen LogP) is 4.13. The van der Waals surface area contributed by atoms with E-state index in [1.165, 1.54) is 19.1 Å². The Hall–Kier alpha value is -2.70. The lowest BCUT2D eigenvalue weighted by Crippen LogP contribution is -2.07. The Morgan fingerprint density at radius 3 is 2.41 bits per heavy atom. The molecule has 0 spiro atoms. The Kier molecular flexibility index (Phi) is 3.40. The van der Waals surface area contributed by atoms with Crippen molar-refractivity contribution in [2.24, 2.45) is 0 Å². The fraction of sp³-hybridized carbons (Fsp3) is 0.133. The highest BCUT2D eigenvalue weighted by Gasteiger charge is 2.33. The molecule has 3 rings (SSSR count). The van der Waals surface area contributed by atoms with Crippen LogP contribution in [0.2, 0.25) is 0 Å². The van der Waals surface area contributed by atoms with Gasteiger partial charge in [0.2, 0.25) is 5.82 Å². The molecule has 0 saturated heterocycles. The normalized spacial score (nSPS) is 11.6. The highest BCUT2D eigenvalue weighted by atomic mass is 19.4. The van der Waals surface area contributed by atoms with Crippen LogP contribution in [0.15, 0.2) is 47.2 Å². The van der Waals surface area contributed by atoms with Crippen LogP contribution in [0.3, 0.4) is 0 Å². The van der Waals surface area contributed by atoms with E-state index in [-0.39, 0.29) is 17.0 Å². The zero-order chi connectivity index (χ0) is 15.7. The molecule has 3 aromatic rings. The molecular formula is C15H10F3N3O. The summed E-state index contributed by atoms with van der Waals surface area (Å²) in [6.07, 6.45) is -1.29. The van der Waals surface area contributed by atoms with Crippen molar-refractivity contribution in [1.29, 1.82) is 0 Å². The second-order valence-corrected chi connectivity index (χ2v) is 4.69. The number of nitrogens with zero attached hydrogens (tertiary/aromatic N) is 3. The molecule has 2 aromatic heterocycles. The van der Waals surface area contributed by atoms with Gasteiger partial charge in [0.1, 0.15) is 0 Å². The highest BCUT2D eigenvalue weighted by Crippen LogP contribution is 2.34. The van der Waals surface area contributed by atoms with E-state index in [4.69, 9.17) is 4.52 Å². The number of hydrogen-bond donors (Lipinski definition) is 0. The average molecular weight is 305 g/mol. The standard InChI is InChI=1S/C15H10F3N3O/c1-9-2-3-11(8-12(9)15(16,17)18)14-20-13(21-22-14)10-4-6-19-7-5-10/h2-8H,1H3. The van der Waals surface area contributed by atoms with Gasteiger partial charge >= 0.3 is 6.18 Å². The molecule has 4 nitrogen and oxygen atoms in total. The van der Waals surface area contributed by atoms with E-state index in [0.717, 1.165) is 6.07 Å². The van der Waals surface area contributed by atoms with Crippen LogP contribution in [0, 0.1) is 6.92 Å². The fourth-order valence-corrected chi connectivity index (χ4v) is 2.02. The van der Waals surface area contributed by atoms with Gasteiger partial charge in [-0.25, -0.2) is 0 Å². The van der Waals surface area contributed by atoms with Gasteiger partial charge in [-0.2, -0.15) is 18.2 Å². The molecule has 0 saturated carbocycles. The molecule has 7 heteroatoms. The lowest BCUT2D eigenvalue weighted by atomic mass is 10.0. The fourth-order valence-electron chi connectivity index (χ4n) is 2.02. The van der Waals surface area contributed by atoms with Crippen molar-refractivity contribution in [3.05, 3.63) is 53.9 Å². The summed E-state index contributed by atoms with van der Waals surface area (Å²) in [6.45, 7) is 1.41. The Bertz CT molecular complexity index is 797. The SMILES string of the molecule is Cc1ccc(-c2nc(-c3ccncc3)no2)cc1C(F)(F)F. The van der Waals surface area contributed by atoms with E-state index in [9.17, 15) is 13.2 Å². The Morgan fingerprint density at radius 2 is 1.73 bits per heavy atom. The molecule has 0 aliphatic carbocycles. The summed E-state index contributed by atoms with van der Waals surface area (Å²) in [5.74, 6) is 0.337. The molecule has 112 valence electrons. The first-order chi connectivity index (χ1) is 10.4. The number of aromatic nitrogens is 3. The van der Waals surface area contributed by atoms with Gasteiger partial charge in [0.15, 0.2) is 0 Å². The third-order valence-corrected chi connectivity index (χ3v) is 3.15. The zero-order valence-corrected chi connectivity index (χ0v) is 11.4. The Balaban J connectivity index is 2.01. The maximum Gasteiger partial charge on any atom is 0.416 e. The second kappa shape index (κ2) is 5.25. The van der Waals surface area contributed by atoms with Crippen molar-refractivity contribution in [3.63, 3.8) is 0 Å². The number of rotatable bonds is 2. The number of pyridine rings is 1. The zero-order valence-electron chi connectivity index (χ0n) is 11.4. The van der Waals surface area contributed by atoms with Gasteiger partial charge in [0.25, 0.3) is 5.89 Å². The van der Waals surface area contributed by atoms with Crippen molar-refractivity contribution in [2.75, 3.05) is 0 Å². The van der Waals surface area contributed by atoms with E-state index in [1.54, 1.807) is 24.5 Å². The number of benzene rings is 1. The minimum atomic E-state index is -4.42. The molecule has 0 amide bonds. The highest BCUT2D eigenvalue weighted by molar-refractivity contribution is 5.60. The van der Waals surface area contributed by atoms with E-state index in [2.05, 4.69) is 15.1 Å². The van der Waals surface area contributed by atoms with E-state index in [0.29, 0.717) is 11.4 Å². The minimum absolute atomic E-state index is 0.0392.